The van der Waals surface area contributed by atoms with Crippen LogP contribution in [0.25, 0.3) is 5.69 Å². The van der Waals surface area contributed by atoms with Crippen molar-refractivity contribution in [1.29, 1.82) is 0 Å². The molecule has 0 radical (unpaired) electrons. The monoisotopic (exact) mass is 277 g/mol. The van der Waals surface area contributed by atoms with Crippen molar-refractivity contribution in [2.75, 3.05) is 0 Å². The molecule has 3 nitrogen and oxygen atoms in total. The number of halogens is 1. The van der Waals surface area contributed by atoms with Crippen LogP contribution < -0.4 is 5.32 Å². The smallest absolute Gasteiger partial charge is 0.0649 e. The van der Waals surface area contributed by atoms with E-state index in [1.54, 1.807) is 0 Å². The second-order valence-corrected chi connectivity index (χ2v) is 6.18. The minimum atomic E-state index is 0.106. The van der Waals surface area contributed by atoms with Gasteiger partial charge in [0.2, 0.25) is 0 Å². The van der Waals surface area contributed by atoms with Gasteiger partial charge in [-0.1, -0.05) is 11.6 Å². The molecule has 0 unspecified atom stereocenters. The summed E-state index contributed by atoms with van der Waals surface area (Å²) >= 11 is 5.90. The quantitative estimate of drug-likeness (QED) is 0.927. The van der Waals surface area contributed by atoms with E-state index in [2.05, 4.69) is 38.1 Å². The second-order valence-electron chi connectivity index (χ2n) is 5.75. The molecule has 0 aliphatic heterocycles. The van der Waals surface area contributed by atoms with E-state index < -0.39 is 0 Å². The van der Waals surface area contributed by atoms with Gasteiger partial charge in [-0.3, -0.25) is 0 Å². The predicted octanol–water partition coefficient (Wildman–Crippen LogP) is 3.72. The molecule has 0 aliphatic rings. The maximum atomic E-state index is 5.90. The lowest BCUT2D eigenvalue weighted by Gasteiger charge is -2.20. The number of aromatic nitrogens is 2. The Kier molecular flexibility index (Phi) is 3.97. The summed E-state index contributed by atoms with van der Waals surface area (Å²) in [5, 5.41) is 8.67. The van der Waals surface area contributed by atoms with Crippen LogP contribution in [0.3, 0.4) is 0 Å². The van der Waals surface area contributed by atoms with Crippen LogP contribution in [-0.4, -0.2) is 15.3 Å². The topological polar surface area (TPSA) is 29.9 Å². The molecule has 2 aromatic rings. The van der Waals surface area contributed by atoms with Crippen molar-refractivity contribution in [2.24, 2.45) is 0 Å². The summed E-state index contributed by atoms with van der Waals surface area (Å²) < 4.78 is 1.94. The number of hydrogen-bond donors (Lipinski definition) is 1. The number of nitrogens with zero attached hydrogens (tertiary/aromatic N) is 2. The zero-order valence-electron chi connectivity index (χ0n) is 11.9. The molecule has 19 heavy (non-hydrogen) atoms. The van der Waals surface area contributed by atoms with E-state index in [1.807, 2.05) is 35.1 Å². The molecule has 1 heterocycles. The normalized spacial score (nSPS) is 11.8. The lowest BCUT2D eigenvalue weighted by Crippen LogP contribution is -2.35. The Balaban J connectivity index is 2.20. The second kappa shape index (κ2) is 5.35. The third-order valence-corrected chi connectivity index (χ3v) is 3.24. The Morgan fingerprint density at radius 3 is 2.42 bits per heavy atom. The SMILES string of the molecule is Cc1c(CNC(C)(C)C)cnn1-c1ccc(Cl)cc1. The Hall–Kier alpha value is -1.32. The van der Waals surface area contributed by atoms with Gasteiger partial charge in [-0.15, -0.1) is 0 Å². The number of rotatable bonds is 3. The van der Waals surface area contributed by atoms with Crippen molar-refractivity contribution in [3.63, 3.8) is 0 Å². The first-order valence-corrected chi connectivity index (χ1v) is 6.79. The highest BCUT2D eigenvalue weighted by Crippen LogP contribution is 2.17. The lowest BCUT2D eigenvalue weighted by atomic mass is 10.1. The van der Waals surface area contributed by atoms with Crippen LogP contribution >= 0.6 is 11.6 Å². The summed E-state index contributed by atoms with van der Waals surface area (Å²) in [5.74, 6) is 0. The maximum Gasteiger partial charge on any atom is 0.0649 e. The van der Waals surface area contributed by atoms with Crippen LogP contribution in [0.1, 0.15) is 32.0 Å². The summed E-state index contributed by atoms with van der Waals surface area (Å²) in [5.41, 5.74) is 3.50. The van der Waals surface area contributed by atoms with Gasteiger partial charge in [0.15, 0.2) is 0 Å². The van der Waals surface area contributed by atoms with Crippen LogP contribution in [0.15, 0.2) is 30.5 Å². The van der Waals surface area contributed by atoms with Gasteiger partial charge in [-0.25, -0.2) is 4.68 Å². The zero-order chi connectivity index (χ0) is 14.0. The molecular formula is C15H20ClN3. The highest BCUT2D eigenvalue weighted by atomic mass is 35.5. The Labute approximate surface area is 119 Å². The molecule has 1 aromatic carbocycles. The molecule has 0 atom stereocenters. The van der Waals surface area contributed by atoms with Gasteiger partial charge in [0.1, 0.15) is 0 Å². The average Bonchev–Trinajstić information content (AvgIpc) is 2.68. The van der Waals surface area contributed by atoms with E-state index in [9.17, 15) is 0 Å². The first-order chi connectivity index (χ1) is 8.87. The van der Waals surface area contributed by atoms with Crippen molar-refractivity contribution >= 4 is 11.6 Å². The largest absolute Gasteiger partial charge is 0.308 e. The third kappa shape index (κ3) is 3.58. The molecule has 0 fully saturated rings. The van der Waals surface area contributed by atoms with Gasteiger partial charge in [-0.2, -0.15) is 5.10 Å². The van der Waals surface area contributed by atoms with Crippen LogP contribution in [-0.2, 0) is 6.54 Å². The molecule has 0 saturated heterocycles. The molecule has 0 amide bonds. The van der Waals surface area contributed by atoms with Crippen LogP contribution in [0.4, 0.5) is 0 Å². The van der Waals surface area contributed by atoms with E-state index in [-0.39, 0.29) is 5.54 Å². The van der Waals surface area contributed by atoms with E-state index >= 15 is 0 Å². The highest BCUT2D eigenvalue weighted by Gasteiger charge is 2.12. The van der Waals surface area contributed by atoms with Crippen molar-refractivity contribution < 1.29 is 0 Å². The van der Waals surface area contributed by atoms with E-state index in [1.165, 1.54) is 5.56 Å². The molecule has 0 spiro atoms. The molecule has 102 valence electrons. The average molecular weight is 278 g/mol. The van der Waals surface area contributed by atoms with Crippen molar-refractivity contribution in [1.82, 2.24) is 15.1 Å². The van der Waals surface area contributed by atoms with Crippen LogP contribution in [0, 0.1) is 6.92 Å². The molecule has 2 rings (SSSR count). The van der Waals surface area contributed by atoms with Gasteiger partial charge in [-0.05, 0) is 52.0 Å². The maximum absolute atomic E-state index is 5.90. The Morgan fingerprint density at radius 1 is 1.21 bits per heavy atom. The lowest BCUT2D eigenvalue weighted by molar-refractivity contribution is 0.424. The minimum Gasteiger partial charge on any atom is -0.308 e. The highest BCUT2D eigenvalue weighted by molar-refractivity contribution is 6.30. The number of nitrogens with one attached hydrogen (secondary N) is 1. The molecule has 4 heteroatoms. The summed E-state index contributed by atoms with van der Waals surface area (Å²) in [6.07, 6.45) is 1.92. The molecule has 0 bridgehead atoms. The number of hydrogen-bond acceptors (Lipinski definition) is 2. The fraction of sp³-hybridized carbons (Fsp3) is 0.400. The fourth-order valence-corrected chi connectivity index (χ4v) is 1.95. The van der Waals surface area contributed by atoms with Crippen molar-refractivity contribution in [3.8, 4) is 5.69 Å². The summed E-state index contributed by atoms with van der Waals surface area (Å²) in [6, 6.07) is 7.71. The molecule has 1 aromatic heterocycles. The summed E-state index contributed by atoms with van der Waals surface area (Å²) in [4.78, 5) is 0. The van der Waals surface area contributed by atoms with Gasteiger partial charge in [0, 0.05) is 28.4 Å². The van der Waals surface area contributed by atoms with Crippen LogP contribution in [0.5, 0.6) is 0 Å². The van der Waals surface area contributed by atoms with Crippen molar-refractivity contribution in [2.45, 2.75) is 39.8 Å². The summed E-state index contributed by atoms with van der Waals surface area (Å²) in [6.45, 7) is 9.38. The minimum absolute atomic E-state index is 0.106. The van der Waals surface area contributed by atoms with E-state index in [0.29, 0.717) is 0 Å². The van der Waals surface area contributed by atoms with Gasteiger partial charge < -0.3 is 5.32 Å². The number of benzene rings is 1. The molecular weight excluding hydrogens is 258 g/mol. The van der Waals surface area contributed by atoms with Gasteiger partial charge >= 0.3 is 0 Å². The van der Waals surface area contributed by atoms with Gasteiger partial charge in [0.05, 0.1) is 11.9 Å². The van der Waals surface area contributed by atoms with Crippen molar-refractivity contribution in [3.05, 3.63) is 46.7 Å². The molecule has 0 saturated carbocycles. The summed E-state index contributed by atoms with van der Waals surface area (Å²) in [7, 11) is 0. The Bertz CT molecular complexity index is 550. The third-order valence-electron chi connectivity index (χ3n) is 2.99. The van der Waals surface area contributed by atoms with E-state index in [0.717, 1.165) is 22.9 Å². The molecule has 1 N–H and O–H groups in total. The first kappa shape index (κ1) is 14.1. The zero-order valence-corrected chi connectivity index (χ0v) is 12.6. The van der Waals surface area contributed by atoms with E-state index in [4.69, 9.17) is 11.6 Å². The fourth-order valence-electron chi connectivity index (χ4n) is 1.82. The predicted molar refractivity (Wildman–Crippen MR) is 79.9 cm³/mol. The first-order valence-electron chi connectivity index (χ1n) is 6.41. The van der Waals surface area contributed by atoms with Gasteiger partial charge in [0.25, 0.3) is 0 Å². The Morgan fingerprint density at radius 2 is 1.84 bits per heavy atom. The standard InChI is InChI=1S/C15H20ClN3/c1-11-12(9-17-15(2,3)4)10-18-19(11)14-7-5-13(16)6-8-14/h5-8,10,17H,9H2,1-4H3. The van der Waals surface area contributed by atoms with Crippen LogP contribution in [0.2, 0.25) is 5.02 Å². The molecule has 0 aliphatic carbocycles.